The van der Waals surface area contributed by atoms with Gasteiger partial charge in [-0.2, -0.15) is 0 Å². The fraction of sp³-hybridized carbons (Fsp3) is 0.455. The average molecular weight is 539 g/mol. The first-order chi connectivity index (χ1) is 18.9. The maximum atomic E-state index is 11.7. The van der Waals surface area contributed by atoms with Gasteiger partial charge in [-0.1, -0.05) is 81.5 Å². The van der Waals surface area contributed by atoms with Gasteiger partial charge in [0.05, 0.1) is 32.0 Å². The Morgan fingerprint density at radius 1 is 0.821 bits per heavy atom. The van der Waals surface area contributed by atoms with Crippen molar-refractivity contribution in [3.05, 3.63) is 95.1 Å². The Balaban J connectivity index is 0.00000113. The molecule has 0 aliphatic carbocycles. The van der Waals surface area contributed by atoms with Crippen LogP contribution in [0.3, 0.4) is 0 Å². The summed E-state index contributed by atoms with van der Waals surface area (Å²) in [5.41, 5.74) is 5.73. The molecule has 1 atom stereocenters. The second-order valence-corrected chi connectivity index (χ2v) is 9.74. The van der Waals surface area contributed by atoms with Crippen LogP contribution in [0, 0.1) is 5.92 Å². The summed E-state index contributed by atoms with van der Waals surface area (Å²) in [6.07, 6.45) is 9.39. The normalized spacial score (nSPS) is 11.2. The summed E-state index contributed by atoms with van der Waals surface area (Å²) in [7, 11) is 1.65. The van der Waals surface area contributed by atoms with Crippen LogP contribution in [-0.4, -0.2) is 56.0 Å². The van der Waals surface area contributed by atoms with Gasteiger partial charge < -0.3 is 19.7 Å². The Labute approximate surface area is 234 Å². The Hall–Kier alpha value is -3.06. The van der Waals surface area contributed by atoms with E-state index in [1.807, 2.05) is 0 Å². The molecule has 0 spiro atoms. The first-order valence-corrected chi connectivity index (χ1v) is 13.7. The van der Waals surface area contributed by atoms with Crippen LogP contribution >= 0.6 is 0 Å². The molecule has 0 saturated heterocycles. The molecule has 0 aromatic heterocycles. The van der Waals surface area contributed by atoms with E-state index in [1.54, 1.807) is 7.11 Å². The van der Waals surface area contributed by atoms with E-state index in [9.17, 15) is 9.59 Å². The molecule has 0 radical (unpaired) electrons. The molecule has 2 rings (SSSR count). The highest BCUT2D eigenvalue weighted by Crippen LogP contribution is 2.15. The summed E-state index contributed by atoms with van der Waals surface area (Å²) in [5.74, 6) is -0.441. The lowest BCUT2D eigenvalue weighted by Crippen LogP contribution is -2.20. The van der Waals surface area contributed by atoms with Crippen LogP contribution in [0.5, 0.6) is 0 Å². The fourth-order valence-corrected chi connectivity index (χ4v) is 3.83. The molecule has 2 aromatic rings. The second kappa shape index (κ2) is 20.8. The van der Waals surface area contributed by atoms with Gasteiger partial charge in [0.1, 0.15) is 6.29 Å². The Morgan fingerprint density at radius 3 is 1.74 bits per heavy atom. The third-order valence-electron chi connectivity index (χ3n) is 6.36. The lowest BCUT2D eigenvalue weighted by atomic mass is 9.98. The molecule has 0 fully saturated rings. The first kappa shape index (κ1) is 34.0. The maximum Gasteiger partial charge on any atom is 0.335 e. The number of aliphatic hydroxyl groups excluding tert-OH is 2. The number of hydrogen-bond acceptors (Lipinski definition) is 6. The molecule has 39 heavy (non-hydrogen) atoms. The van der Waals surface area contributed by atoms with Crippen LogP contribution in [0.25, 0.3) is 0 Å². The van der Waals surface area contributed by atoms with Gasteiger partial charge in [0.25, 0.3) is 0 Å². The Morgan fingerprint density at radius 2 is 1.33 bits per heavy atom. The van der Waals surface area contributed by atoms with Crippen molar-refractivity contribution in [1.29, 1.82) is 0 Å². The zero-order valence-corrected chi connectivity index (χ0v) is 23.7. The standard InChI is InChI=1S/C29H40O4.C4H6O2/c1-4-5-6-7-24-8-10-25(11-9-24)12-13-26-14-16-27(17-15-26)18-19-28(21-32-3)22-33-29(31)23(2)20-30;1-4(2-5)3-6/h8-11,14-17,28,30H,2,4-7,12-13,18-22H2,1,3H3;2,6H,1,3H2. The molecule has 1 unspecified atom stereocenters. The first-order valence-electron chi connectivity index (χ1n) is 13.7. The minimum Gasteiger partial charge on any atom is -0.462 e. The summed E-state index contributed by atoms with van der Waals surface area (Å²) in [6, 6.07) is 17.9. The van der Waals surface area contributed by atoms with Crippen molar-refractivity contribution >= 4 is 12.3 Å². The number of carbonyl (C=O) groups is 2. The number of ether oxygens (including phenoxy) is 2. The van der Waals surface area contributed by atoms with E-state index in [-0.39, 0.29) is 36.9 Å². The van der Waals surface area contributed by atoms with Crippen molar-refractivity contribution in [2.24, 2.45) is 5.92 Å². The van der Waals surface area contributed by atoms with Gasteiger partial charge in [-0.15, -0.1) is 0 Å². The van der Waals surface area contributed by atoms with E-state index in [4.69, 9.17) is 19.7 Å². The predicted octanol–water partition coefficient (Wildman–Crippen LogP) is 5.23. The molecule has 0 heterocycles. The number of aryl methyl sites for hydroxylation is 4. The van der Waals surface area contributed by atoms with Gasteiger partial charge in [0.15, 0.2) is 0 Å². The van der Waals surface area contributed by atoms with Crippen LogP contribution in [0.15, 0.2) is 72.8 Å². The van der Waals surface area contributed by atoms with Crippen LogP contribution in [-0.2, 0) is 44.7 Å². The average Bonchev–Trinajstić information content (AvgIpc) is 2.98. The topological polar surface area (TPSA) is 93.1 Å². The zero-order valence-electron chi connectivity index (χ0n) is 23.7. The summed E-state index contributed by atoms with van der Waals surface area (Å²) < 4.78 is 10.5. The van der Waals surface area contributed by atoms with Crippen LogP contribution in [0.1, 0.15) is 54.9 Å². The molecule has 214 valence electrons. The maximum absolute atomic E-state index is 11.7. The van der Waals surface area contributed by atoms with Gasteiger partial charge in [-0.25, -0.2) is 4.79 Å². The number of aldehydes is 1. The molecule has 6 nitrogen and oxygen atoms in total. The Bertz CT molecular complexity index is 978. The number of carbonyl (C=O) groups excluding carboxylic acids is 2. The molecule has 0 bridgehead atoms. The molecular weight excluding hydrogens is 492 g/mol. The third-order valence-corrected chi connectivity index (χ3v) is 6.36. The molecule has 0 amide bonds. The van der Waals surface area contributed by atoms with Crippen molar-refractivity contribution in [3.63, 3.8) is 0 Å². The van der Waals surface area contributed by atoms with Gasteiger partial charge in [0.2, 0.25) is 0 Å². The molecule has 2 N–H and O–H groups in total. The number of methoxy groups -OCH3 is 1. The number of unbranched alkanes of at least 4 members (excludes halogenated alkanes) is 2. The summed E-state index contributed by atoms with van der Waals surface area (Å²) in [5, 5.41) is 17.0. The second-order valence-electron chi connectivity index (χ2n) is 9.74. The van der Waals surface area contributed by atoms with Crippen molar-refractivity contribution in [3.8, 4) is 0 Å². The van der Waals surface area contributed by atoms with Crippen LogP contribution in [0.4, 0.5) is 0 Å². The van der Waals surface area contributed by atoms with E-state index in [1.165, 1.54) is 47.9 Å². The minimum atomic E-state index is -0.547. The van der Waals surface area contributed by atoms with Gasteiger partial charge in [-0.05, 0) is 60.8 Å². The van der Waals surface area contributed by atoms with Gasteiger partial charge in [-0.3, -0.25) is 4.79 Å². The number of esters is 1. The van der Waals surface area contributed by atoms with Crippen molar-refractivity contribution in [2.45, 2.75) is 58.3 Å². The Kier molecular flexibility index (Phi) is 18.2. The van der Waals surface area contributed by atoms with Crippen LogP contribution in [0.2, 0.25) is 0 Å². The number of aliphatic hydroxyl groups is 2. The summed E-state index contributed by atoms with van der Waals surface area (Å²) in [4.78, 5) is 21.2. The van der Waals surface area contributed by atoms with Crippen molar-refractivity contribution in [1.82, 2.24) is 0 Å². The highest BCUT2D eigenvalue weighted by Gasteiger charge is 2.14. The molecule has 0 saturated carbocycles. The van der Waals surface area contributed by atoms with Gasteiger partial charge in [0, 0.05) is 18.6 Å². The van der Waals surface area contributed by atoms with Crippen molar-refractivity contribution < 1.29 is 29.3 Å². The largest absolute Gasteiger partial charge is 0.462 e. The summed E-state index contributed by atoms with van der Waals surface area (Å²) in [6.45, 7) is 9.08. The van der Waals surface area contributed by atoms with Gasteiger partial charge >= 0.3 is 5.97 Å². The van der Waals surface area contributed by atoms with E-state index >= 15 is 0 Å². The highest BCUT2D eigenvalue weighted by atomic mass is 16.5. The number of rotatable bonds is 18. The lowest BCUT2D eigenvalue weighted by Gasteiger charge is -2.16. The van der Waals surface area contributed by atoms with Crippen molar-refractivity contribution in [2.75, 3.05) is 33.5 Å². The molecule has 2 aromatic carbocycles. The minimum absolute atomic E-state index is 0.0738. The quantitative estimate of drug-likeness (QED) is 0.117. The summed E-state index contributed by atoms with van der Waals surface area (Å²) >= 11 is 0. The van der Waals surface area contributed by atoms with E-state index < -0.39 is 5.97 Å². The predicted molar refractivity (Wildman–Crippen MR) is 157 cm³/mol. The molecular formula is C33H46O6. The molecule has 6 heteroatoms. The highest BCUT2D eigenvalue weighted by molar-refractivity contribution is 5.87. The van der Waals surface area contributed by atoms with E-state index in [0.717, 1.165) is 25.7 Å². The number of hydrogen-bond donors (Lipinski definition) is 2. The third kappa shape index (κ3) is 15.2. The molecule has 0 aliphatic rings. The smallest absolute Gasteiger partial charge is 0.335 e. The zero-order chi connectivity index (χ0) is 28.9. The van der Waals surface area contributed by atoms with E-state index in [0.29, 0.717) is 12.9 Å². The fourth-order valence-electron chi connectivity index (χ4n) is 3.83. The lowest BCUT2D eigenvalue weighted by molar-refractivity contribution is -0.141. The monoisotopic (exact) mass is 538 g/mol. The van der Waals surface area contributed by atoms with E-state index in [2.05, 4.69) is 68.6 Å². The molecule has 0 aliphatic heterocycles. The SMILES string of the molecule is C=C(C=O)CO.C=C(CO)C(=O)OCC(CCc1ccc(CCc2ccc(CCCCC)cc2)cc1)COC. The number of benzene rings is 2. The van der Waals surface area contributed by atoms with Crippen LogP contribution < -0.4 is 0 Å².